The molecule has 1 aromatic carbocycles. The lowest BCUT2D eigenvalue weighted by Crippen LogP contribution is -2.54. The molecule has 0 aliphatic carbocycles. The number of hydrogen-bond donors (Lipinski definition) is 1. The minimum Gasteiger partial charge on any atom is -0.341 e. The van der Waals surface area contributed by atoms with Crippen molar-refractivity contribution in [1.82, 2.24) is 15.1 Å². The van der Waals surface area contributed by atoms with E-state index in [1.54, 1.807) is 6.07 Å². The average Bonchev–Trinajstić information content (AvgIpc) is 3.51. The van der Waals surface area contributed by atoms with Crippen LogP contribution in [0.4, 0.5) is 0 Å². The monoisotopic (exact) mass is 503 g/mol. The molecular weight excluding hydrogens is 478 g/mol. The summed E-state index contributed by atoms with van der Waals surface area (Å²) in [6.07, 6.45) is 3.40. The molecule has 0 unspecified atom stereocenters. The first-order chi connectivity index (χ1) is 15.0. The highest BCUT2D eigenvalue weighted by Gasteiger charge is 2.37. The van der Waals surface area contributed by atoms with E-state index in [0.29, 0.717) is 36.4 Å². The molecule has 2 fully saturated rings. The van der Waals surface area contributed by atoms with Crippen molar-refractivity contribution in [2.24, 2.45) is 5.92 Å². The van der Waals surface area contributed by atoms with Crippen LogP contribution in [0.1, 0.15) is 45.7 Å². The average molecular weight is 504 g/mol. The molecule has 0 bridgehead atoms. The quantitative estimate of drug-likeness (QED) is 0.674. The highest BCUT2D eigenvalue weighted by Crippen LogP contribution is 2.25. The zero-order valence-corrected chi connectivity index (χ0v) is 19.7. The summed E-state index contributed by atoms with van der Waals surface area (Å²) in [6.45, 7) is 2.66. The molecule has 164 valence electrons. The van der Waals surface area contributed by atoms with Gasteiger partial charge in [0, 0.05) is 36.2 Å². The van der Waals surface area contributed by atoms with Gasteiger partial charge in [0.15, 0.2) is 0 Å². The van der Waals surface area contributed by atoms with Crippen LogP contribution in [0, 0.1) is 5.92 Å². The second kappa shape index (κ2) is 9.96. The number of thiophene rings is 1. The normalized spacial score (nSPS) is 18.1. The van der Waals surface area contributed by atoms with Crippen molar-refractivity contribution in [2.45, 2.75) is 31.7 Å². The number of hydrogen-bond acceptors (Lipinski definition) is 4. The van der Waals surface area contributed by atoms with E-state index in [1.807, 2.05) is 45.5 Å². The Morgan fingerprint density at radius 1 is 1.00 bits per heavy atom. The Kier molecular flexibility index (Phi) is 7.07. The molecule has 1 N–H and O–H groups in total. The Balaban J connectivity index is 1.44. The number of carbonyl (C=O) groups excluding carboxylic acids is 3. The Hall–Kier alpha value is -2.19. The van der Waals surface area contributed by atoms with Gasteiger partial charge in [0.1, 0.15) is 6.04 Å². The van der Waals surface area contributed by atoms with Crippen LogP contribution < -0.4 is 5.32 Å². The third kappa shape index (κ3) is 5.18. The minimum absolute atomic E-state index is 0.00444. The molecular formula is C23H26BrN3O3S. The van der Waals surface area contributed by atoms with E-state index in [2.05, 4.69) is 21.2 Å². The van der Waals surface area contributed by atoms with Crippen LogP contribution in [-0.4, -0.2) is 59.7 Å². The number of likely N-dealkylation sites (tertiary alicyclic amines) is 2. The molecule has 4 rings (SSSR count). The van der Waals surface area contributed by atoms with Crippen molar-refractivity contribution in [2.75, 3.05) is 26.2 Å². The molecule has 3 amide bonds. The molecule has 2 aliphatic heterocycles. The number of rotatable bonds is 5. The summed E-state index contributed by atoms with van der Waals surface area (Å²) in [5, 5.41) is 4.88. The minimum atomic E-state index is -0.546. The fraction of sp³-hybridized carbons (Fsp3) is 0.435. The van der Waals surface area contributed by atoms with E-state index in [1.165, 1.54) is 11.3 Å². The molecule has 2 aromatic rings. The van der Waals surface area contributed by atoms with Crippen molar-refractivity contribution >= 4 is 45.0 Å². The summed E-state index contributed by atoms with van der Waals surface area (Å²) >= 11 is 4.79. The van der Waals surface area contributed by atoms with Gasteiger partial charge in [-0.3, -0.25) is 14.4 Å². The van der Waals surface area contributed by atoms with Crippen LogP contribution in [0.3, 0.4) is 0 Å². The molecule has 6 nitrogen and oxygen atoms in total. The molecule has 1 atom stereocenters. The molecule has 31 heavy (non-hydrogen) atoms. The van der Waals surface area contributed by atoms with Gasteiger partial charge >= 0.3 is 0 Å². The Bertz CT molecular complexity index is 935. The number of benzene rings is 1. The number of nitrogens with zero attached hydrogens (tertiary/aromatic N) is 2. The highest BCUT2D eigenvalue weighted by atomic mass is 79.9. The van der Waals surface area contributed by atoms with Gasteiger partial charge in [-0.05, 0) is 61.2 Å². The van der Waals surface area contributed by atoms with E-state index >= 15 is 0 Å². The van der Waals surface area contributed by atoms with Crippen LogP contribution >= 0.6 is 27.3 Å². The predicted octanol–water partition coefficient (Wildman–Crippen LogP) is 3.78. The second-order valence-electron chi connectivity index (χ2n) is 8.10. The number of amides is 3. The van der Waals surface area contributed by atoms with Gasteiger partial charge in [-0.25, -0.2) is 0 Å². The predicted molar refractivity (Wildman–Crippen MR) is 124 cm³/mol. The number of carbonyl (C=O) groups is 3. The van der Waals surface area contributed by atoms with E-state index in [4.69, 9.17) is 0 Å². The van der Waals surface area contributed by atoms with Gasteiger partial charge in [0.25, 0.3) is 11.8 Å². The van der Waals surface area contributed by atoms with Gasteiger partial charge in [-0.15, -0.1) is 11.3 Å². The summed E-state index contributed by atoms with van der Waals surface area (Å²) in [5.41, 5.74) is 0.656. The first kappa shape index (κ1) is 22.0. The number of halogens is 1. The summed E-state index contributed by atoms with van der Waals surface area (Å²) in [7, 11) is 0. The van der Waals surface area contributed by atoms with Crippen LogP contribution in [0.15, 0.2) is 46.3 Å². The zero-order valence-electron chi connectivity index (χ0n) is 17.3. The van der Waals surface area contributed by atoms with Gasteiger partial charge in [-0.2, -0.15) is 0 Å². The van der Waals surface area contributed by atoms with Crippen molar-refractivity contribution < 1.29 is 14.4 Å². The van der Waals surface area contributed by atoms with Crippen LogP contribution in [-0.2, 0) is 4.79 Å². The summed E-state index contributed by atoms with van der Waals surface area (Å²) in [4.78, 5) is 43.2. The molecule has 0 radical (unpaired) electrons. The molecule has 0 saturated carbocycles. The SMILES string of the molecule is O=C(N[C@@H](C(=O)N1CCCC1)C1CCN(C(=O)c2cccc(Br)c2)CC1)c1cccs1. The molecule has 0 spiro atoms. The van der Waals surface area contributed by atoms with Crippen LogP contribution in [0.25, 0.3) is 0 Å². The Labute approximate surface area is 194 Å². The summed E-state index contributed by atoms with van der Waals surface area (Å²) in [6, 6.07) is 10.5. The van der Waals surface area contributed by atoms with E-state index in [9.17, 15) is 14.4 Å². The van der Waals surface area contributed by atoms with Crippen molar-refractivity contribution in [3.63, 3.8) is 0 Å². The topological polar surface area (TPSA) is 69.7 Å². The highest BCUT2D eigenvalue weighted by molar-refractivity contribution is 9.10. The standard InChI is InChI=1S/C23H26BrN3O3S/c24-18-6-3-5-17(15-18)22(29)27-12-8-16(9-13-27)20(23(30)26-10-1-2-11-26)25-21(28)19-7-4-14-31-19/h3-7,14-16,20H,1-2,8-13H2,(H,25,28)/t20-/m1/s1. The maximum Gasteiger partial charge on any atom is 0.262 e. The molecule has 2 aliphatic rings. The van der Waals surface area contributed by atoms with Crippen LogP contribution in [0.2, 0.25) is 0 Å². The maximum absolute atomic E-state index is 13.3. The smallest absolute Gasteiger partial charge is 0.262 e. The molecule has 3 heterocycles. The number of nitrogens with one attached hydrogen (secondary N) is 1. The first-order valence-corrected chi connectivity index (χ1v) is 12.4. The molecule has 8 heteroatoms. The van der Waals surface area contributed by atoms with Gasteiger partial charge in [0.2, 0.25) is 5.91 Å². The third-order valence-corrected chi connectivity index (χ3v) is 7.45. The van der Waals surface area contributed by atoms with E-state index in [0.717, 1.165) is 30.4 Å². The first-order valence-electron chi connectivity index (χ1n) is 10.7. The Morgan fingerprint density at radius 3 is 2.39 bits per heavy atom. The fourth-order valence-electron chi connectivity index (χ4n) is 4.38. The van der Waals surface area contributed by atoms with Crippen LogP contribution in [0.5, 0.6) is 0 Å². The Morgan fingerprint density at radius 2 is 1.74 bits per heavy atom. The summed E-state index contributed by atoms with van der Waals surface area (Å²) < 4.78 is 0.876. The molecule has 2 saturated heterocycles. The largest absolute Gasteiger partial charge is 0.341 e. The lowest BCUT2D eigenvalue weighted by atomic mass is 9.88. The lowest BCUT2D eigenvalue weighted by Gasteiger charge is -2.37. The maximum atomic E-state index is 13.3. The van der Waals surface area contributed by atoms with Gasteiger partial charge in [0.05, 0.1) is 4.88 Å². The number of piperidine rings is 1. The van der Waals surface area contributed by atoms with Crippen molar-refractivity contribution in [1.29, 1.82) is 0 Å². The lowest BCUT2D eigenvalue weighted by molar-refractivity contribution is -0.134. The second-order valence-corrected chi connectivity index (χ2v) is 9.96. The van der Waals surface area contributed by atoms with Gasteiger partial charge in [-0.1, -0.05) is 28.1 Å². The fourth-order valence-corrected chi connectivity index (χ4v) is 5.40. The van der Waals surface area contributed by atoms with Crippen molar-refractivity contribution in [3.05, 3.63) is 56.7 Å². The van der Waals surface area contributed by atoms with E-state index in [-0.39, 0.29) is 23.6 Å². The van der Waals surface area contributed by atoms with E-state index < -0.39 is 6.04 Å². The summed E-state index contributed by atoms with van der Waals surface area (Å²) in [5.74, 6) is -0.160. The third-order valence-electron chi connectivity index (χ3n) is 6.09. The van der Waals surface area contributed by atoms with Gasteiger partial charge < -0.3 is 15.1 Å². The zero-order chi connectivity index (χ0) is 21.8. The molecule has 1 aromatic heterocycles. The van der Waals surface area contributed by atoms with Crippen molar-refractivity contribution in [3.8, 4) is 0 Å².